The van der Waals surface area contributed by atoms with Crippen LogP contribution in [-0.2, 0) is 16.6 Å². The van der Waals surface area contributed by atoms with Gasteiger partial charge in [0.2, 0.25) is 0 Å². The van der Waals surface area contributed by atoms with Crippen LogP contribution in [0.4, 0.5) is 18.9 Å². The summed E-state index contributed by atoms with van der Waals surface area (Å²) >= 11 is 0. The van der Waals surface area contributed by atoms with Crippen LogP contribution in [0.25, 0.3) is 0 Å². The predicted octanol–water partition coefficient (Wildman–Crippen LogP) is 5.27. The van der Waals surface area contributed by atoms with Crippen molar-refractivity contribution in [3.8, 4) is 0 Å². The van der Waals surface area contributed by atoms with Crippen LogP contribution in [0.15, 0.2) is 71.6 Å². The average molecular weight is 475 g/mol. The minimum absolute atomic E-state index is 0.213. The number of rotatable bonds is 6. The van der Waals surface area contributed by atoms with Crippen LogP contribution in [-0.4, -0.2) is 32.4 Å². The van der Waals surface area contributed by atoms with E-state index >= 15 is 0 Å². The number of likely N-dealkylation sites (tertiary alicyclic amines) is 1. The number of halogens is 3. The topological polar surface area (TPSA) is 40.6 Å². The van der Waals surface area contributed by atoms with Crippen molar-refractivity contribution in [3.63, 3.8) is 0 Å². The summed E-state index contributed by atoms with van der Waals surface area (Å²) in [5.41, 5.74) is 1.44. The molecule has 1 aliphatic rings. The molecule has 4 nitrogen and oxygen atoms in total. The van der Waals surface area contributed by atoms with E-state index in [1.54, 1.807) is 31.2 Å². The molecule has 0 N–H and O–H groups in total. The fourth-order valence-corrected chi connectivity index (χ4v) is 6.23. The molecule has 0 bridgehead atoms. The third-order valence-corrected chi connectivity index (χ3v) is 8.05. The molecule has 8 heteroatoms. The minimum Gasteiger partial charge on any atom is -0.299 e. The van der Waals surface area contributed by atoms with Gasteiger partial charge in [-0.1, -0.05) is 24.3 Å². The molecule has 0 spiro atoms. The van der Waals surface area contributed by atoms with Gasteiger partial charge in [0.15, 0.2) is 0 Å². The SMILES string of the molecule is Cc1ccccc1S(=O)(=O)N(c1ccc(F)cc1)C1CCN(Cc2ccc(F)cc2F)CC1. The maximum absolute atomic E-state index is 14.1. The molecule has 1 heterocycles. The van der Waals surface area contributed by atoms with Crippen molar-refractivity contribution in [3.05, 3.63) is 95.3 Å². The van der Waals surface area contributed by atoms with Gasteiger partial charge in [-0.15, -0.1) is 0 Å². The fourth-order valence-electron chi connectivity index (χ4n) is 4.29. The molecule has 0 aliphatic carbocycles. The number of hydrogen-bond acceptors (Lipinski definition) is 3. The lowest BCUT2D eigenvalue weighted by molar-refractivity contribution is 0.204. The molecular formula is C25H25F3N2O2S. The summed E-state index contributed by atoms with van der Waals surface area (Å²) in [6.07, 6.45) is 1.04. The van der Waals surface area contributed by atoms with Crippen LogP contribution in [0.2, 0.25) is 0 Å². The second-order valence-electron chi connectivity index (χ2n) is 8.29. The van der Waals surface area contributed by atoms with Gasteiger partial charge in [-0.3, -0.25) is 9.21 Å². The number of nitrogens with zero attached hydrogens (tertiary/aromatic N) is 2. The van der Waals surface area contributed by atoms with Gasteiger partial charge in [-0.2, -0.15) is 0 Å². The molecule has 4 rings (SSSR count). The molecule has 0 unspecified atom stereocenters. The maximum atomic E-state index is 14.1. The molecule has 0 atom stereocenters. The molecule has 3 aromatic rings. The van der Waals surface area contributed by atoms with E-state index < -0.39 is 27.5 Å². The van der Waals surface area contributed by atoms with Gasteiger partial charge >= 0.3 is 0 Å². The van der Waals surface area contributed by atoms with Gasteiger partial charge in [0.05, 0.1) is 10.6 Å². The first-order valence-electron chi connectivity index (χ1n) is 10.8. The summed E-state index contributed by atoms with van der Waals surface area (Å²) in [7, 11) is -3.89. The Bertz CT molecular complexity index is 1220. The number of piperidine rings is 1. The monoisotopic (exact) mass is 474 g/mol. The molecule has 1 saturated heterocycles. The lowest BCUT2D eigenvalue weighted by Gasteiger charge is -2.39. The zero-order valence-corrected chi connectivity index (χ0v) is 19.0. The highest BCUT2D eigenvalue weighted by Gasteiger charge is 2.35. The highest BCUT2D eigenvalue weighted by atomic mass is 32.2. The summed E-state index contributed by atoms with van der Waals surface area (Å²) in [4.78, 5) is 2.24. The molecule has 1 fully saturated rings. The van der Waals surface area contributed by atoms with Crippen LogP contribution in [0, 0.1) is 24.4 Å². The Hall–Kier alpha value is -2.84. The van der Waals surface area contributed by atoms with Crippen molar-refractivity contribution in [1.82, 2.24) is 4.90 Å². The Morgan fingerprint density at radius 2 is 1.55 bits per heavy atom. The molecule has 0 aromatic heterocycles. The van der Waals surface area contributed by atoms with Gasteiger partial charge in [-0.25, -0.2) is 21.6 Å². The summed E-state index contributed by atoms with van der Waals surface area (Å²) in [5.74, 6) is -1.65. The standard InChI is InChI=1S/C25H25F3N2O2S/c1-18-4-2-3-5-25(18)33(31,32)30(22-10-8-20(26)9-11-22)23-12-14-29(15-13-23)17-19-6-7-21(27)16-24(19)28/h2-11,16,23H,12-15,17H2,1H3. The second kappa shape index (κ2) is 9.57. The molecule has 0 radical (unpaired) electrons. The Morgan fingerprint density at radius 1 is 0.909 bits per heavy atom. The van der Waals surface area contributed by atoms with Gasteiger partial charge in [0, 0.05) is 37.3 Å². The van der Waals surface area contributed by atoms with Crippen molar-refractivity contribution in [2.24, 2.45) is 0 Å². The van der Waals surface area contributed by atoms with Crippen molar-refractivity contribution >= 4 is 15.7 Å². The molecule has 1 aliphatic heterocycles. The maximum Gasteiger partial charge on any atom is 0.264 e. The van der Waals surface area contributed by atoms with Crippen molar-refractivity contribution in [2.75, 3.05) is 17.4 Å². The predicted molar refractivity (Wildman–Crippen MR) is 122 cm³/mol. The molecule has 33 heavy (non-hydrogen) atoms. The molecule has 174 valence electrons. The number of sulfonamides is 1. The van der Waals surface area contributed by atoms with E-state index in [1.807, 2.05) is 4.90 Å². The lowest BCUT2D eigenvalue weighted by Crippen LogP contribution is -2.47. The third kappa shape index (κ3) is 5.07. The Kier molecular flexibility index (Phi) is 6.76. The van der Waals surface area contributed by atoms with Crippen LogP contribution >= 0.6 is 0 Å². The first kappa shape index (κ1) is 23.3. The summed E-state index contributed by atoms with van der Waals surface area (Å²) in [6.45, 7) is 3.15. The number of anilines is 1. The average Bonchev–Trinajstić information content (AvgIpc) is 2.78. The summed E-state index contributed by atoms with van der Waals surface area (Å²) in [5, 5.41) is 0. The zero-order chi connectivity index (χ0) is 23.6. The minimum atomic E-state index is -3.89. The second-order valence-corrected chi connectivity index (χ2v) is 10.1. The first-order valence-corrected chi connectivity index (χ1v) is 12.2. The quantitative estimate of drug-likeness (QED) is 0.489. The van der Waals surface area contributed by atoms with E-state index in [2.05, 4.69) is 0 Å². The van der Waals surface area contributed by atoms with Crippen LogP contribution in [0.3, 0.4) is 0 Å². The van der Waals surface area contributed by atoms with E-state index in [4.69, 9.17) is 0 Å². The van der Waals surface area contributed by atoms with Gasteiger partial charge < -0.3 is 0 Å². The number of benzene rings is 3. The van der Waals surface area contributed by atoms with Crippen LogP contribution in [0.1, 0.15) is 24.0 Å². The summed E-state index contributed by atoms with van der Waals surface area (Å²) in [6, 6.07) is 15.4. The molecule has 0 saturated carbocycles. The highest BCUT2D eigenvalue weighted by Crippen LogP contribution is 2.32. The van der Waals surface area contributed by atoms with E-state index in [1.165, 1.54) is 40.7 Å². The first-order chi connectivity index (χ1) is 15.8. The Morgan fingerprint density at radius 3 is 2.18 bits per heavy atom. The van der Waals surface area contributed by atoms with Crippen molar-refractivity contribution in [1.29, 1.82) is 0 Å². The molecular weight excluding hydrogens is 449 g/mol. The Labute approximate surface area is 192 Å². The fraction of sp³-hybridized carbons (Fsp3) is 0.280. The molecule has 3 aromatic carbocycles. The normalized spacial score (nSPS) is 15.5. The lowest BCUT2D eigenvalue weighted by atomic mass is 10.0. The van der Waals surface area contributed by atoms with Crippen molar-refractivity contribution in [2.45, 2.75) is 37.2 Å². The Balaban J connectivity index is 1.58. The smallest absolute Gasteiger partial charge is 0.264 e. The molecule has 0 amide bonds. The van der Waals surface area contributed by atoms with Gasteiger partial charge in [-0.05, 0) is 61.7 Å². The highest BCUT2D eigenvalue weighted by molar-refractivity contribution is 7.93. The van der Waals surface area contributed by atoms with Crippen molar-refractivity contribution < 1.29 is 21.6 Å². The van der Waals surface area contributed by atoms with E-state index in [0.29, 0.717) is 49.3 Å². The number of aryl methyl sites for hydroxylation is 1. The van der Waals surface area contributed by atoms with Gasteiger partial charge in [0.1, 0.15) is 17.5 Å². The van der Waals surface area contributed by atoms with E-state index in [-0.39, 0.29) is 10.9 Å². The van der Waals surface area contributed by atoms with E-state index in [9.17, 15) is 21.6 Å². The van der Waals surface area contributed by atoms with Gasteiger partial charge in [0.25, 0.3) is 10.0 Å². The zero-order valence-electron chi connectivity index (χ0n) is 18.2. The third-order valence-electron chi connectivity index (χ3n) is 6.01. The summed E-state index contributed by atoms with van der Waals surface area (Å²) < 4.78 is 69.7. The van der Waals surface area contributed by atoms with Crippen LogP contribution in [0.5, 0.6) is 0 Å². The van der Waals surface area contributed by atoms with E-state index in [0.717, 1.165) is 6.07 Å². The largest absolute Gasteiger partial charge is 0.299 e. The van der Waals surface area contributed by atoms with Crippen LogP contribution < -0.4 is 4.31 Å². The number of hydrogen-bond donors (Lipinski definition) is 0.